The van der Waals surface area contributed by atoms with Gasteiger partial charge in [-0.1, -0.05) is 24.3 Å². The van der Waals surface area contributed by atoms with Gasteiger partial charge in [0.05, 0.1) is 16.3 Å². The summed E-state index contributed by atoms with van der Waals surface area (Å²) in [6, 6.07) is 10.9. The van der Waals surface area contributed by atoms with Gasteiger partial charge in [-0.05, 0) is 37.1 Å². The molecule has 0 amide bonds. The number of fused-ring (bicyclic) bond motifs is 1. The van der Waals surface area contributed by atoms with Crippen LogP contribution in [-0.4, -0.2) is 44.0 Å². The van der Waals surface area contributed by atoms with Crippen LogP contribution in [0.15, 0.2) is 60.0 Å². The minimum atomic E-state index is -4.10. The van der Waals surface area contributed by atoms with Gasteiger partial charge in [0.1, 0.15) is 6.10 Å². The topological polar surface area (TPSA) is 124 Å². The van der Waals surface area contributed by atoms with E-state index < -0.39 is 20.6 Å². The number of hydrogen-bond donors (Lipinski definition) is 1. The summed E-state index contributed by atoms with van der Waals surface area (Å²) in [6.07, 6.45) is 1.53. The molecule has 0 spiro atoms. The predicted molar refractivity (Wildman–Crippen MR) is 132 cm³/mol. The lowest BCUT2D eigenvalue weighted by Gasteiger charge is -2.19. The van der Waals surface area contributed by atoms with Crippen LogP contribution >= 0.6 is 11.3 Å². The first-order valence-electron chi connectivity index (χ1n) is 10.8. The van der Waals surface area contributed by atoms with Crippen molar-refractivity contribution in [2.24, 2.45) is 0 Å². The van der Waals surface area contributed by atoms with Crippen LogP contribution in [-0.2, 0) is 25.9 Å². The standard InChI is InChI=1S/C23H22N4O6S2/c1-3-19-22(33-13-32-19)25-23-24-21(14(2)34-23)16-8-9-17-15(12-16)10-11-26(17)35(30,31)20-7-5-4-6-18(20)27(28)29/h3-9,12,19,22H,1,10-11,13H2,2H3,(H,24,25). The summed E-state index contributed by atoms with van der Waals surface area (Å²) in [6.45, 7) is 6.11. The summed E-state index contributed by atoms with van der Waals surface area (Å²) < 4.78 is 38.9. The van der Waals surface area contributed by atoms with Crippen molar-refractivity contribution in [1.82, 2.24) is 4.98 Å². The molecule has 1 fully saturated rings. The number of nitrogens with one attached hydrogen (secondary N) is 1. The molecule has 1 aromatic heterocycles. The average Bonchev–Trinajstić information content (AvgIpc) is 3.57. The molecule has 2 atom stereocenters. The summed E-state index contributed by atoms with van der Waals surface area (Å²) >= 11 is 1.49. The van der Waals surface area contributed by atoms with Gasteiger partial charge in [-0.15, -0.1) is 17.9 Å². The van der Waals surface area contributed by atoms with E-state index in [1.807, 2.05) is 19.1 Å². The Balaban J connectivity index is 1.43. The second-order valence-electron chi connectivity index (χ2n) is 8.04. The molecule has 1 saturated heterocycles. The van der Waals surface area contributed by atoms with Gasteiger partial charge in [-0.25, -0.2) is 13.4 Å². The number of aryl methyl sites for hydroxylation is 1. The molecule has 10 nitrogen and oxygen atoms in total. The van der Waals surface area contributed by atoms with Gasteiger partial charge < -0.3 is 14.8 Å². The third-order valence-electron chi connectivity index (χ3n) is 5.94. The largest absolute Gasteiger partial charge is 0.343 e. The summed E-state index contributed by atoms with van der Waals surface area (Å²) in [5.41, 5.74) is 2.56. The highest BCUT2D eigenvalue weighted by molar-refractivity contribution is 7.93. The Bertz CT molecular complexity index is 1420. The van der Waals surface area contributed by atoms with Crippen LogP contribution in [0.5, 0.6) is 0 Å². The number of benzene rings is 2. The molecule has 2 aromatic carbocycles. The lowest BCUT2D eigenvalue weighted by Crippen LogP contribution is -2.29. The van der Waals surface area contributed by atoms with E-state index in [1.54, 1.807) is 12.1 Å². The number of para-hydroxylation sites is 1. The molecule has 2 aliphatic heterocycles. The number of anilines is 2. The average molecular weight is 515 g/mol. The van der Waals surface area contributed by atoms with Crippen LogP contribution in [0.3, 0.4) is 0 Å². The van der Waals surface area contributed by atoms with Crippen molar-refractivity contribution < 1.29 is 22.8 Å². The summed E-state index contributed by atoms with van der Waals surface area (Å²) in [5, 5.41) is 15.3. The Kier molecular flexibility index (Phi) is 6.05. The molecule has 2 unspecified atom stereocenters. The summed E-state index contributed by atoms with van der Waals surface area (Å²) in [7, 11) is -4.10. The molecular weight excluding hydrogens is 492 g/mol. The van der Waals surface area contributed by atoms with E-state index in [0.29, 0.717) is 17.2 Å². The van der Waals surface area contributed by atoms with E-state index in [0.717, 1.165) is 21.7 Å². The van der Waals surface area contributed by atoms with Gasteiger partial charge in [-0.3, -0.25) is 14.4 Å². The van der Waals surface area contributed by atoms with Crippen LogP contribution in [0.4, 0.5) is 16.5 Å². The highest BCUT2D eigenvalue weighted by Crippen LogP contribution is 2.39. The molecule has 0 radical (unpaired) electrons. The Morgan fingerprint density at radius 3 is 2.86 bits per heavy atom. The zero-order valence-electron chi connectivity index (χ0n) is 18.7. The molecule has 0 bridgehead atoms. The van der Waals surface area contributed by atoms with Crippen molar-refractivity contribution in [3.8, 4) is 11.3 Å². The molecule has 3 heterocycles. The number of aromatic nitrogens is 1. The van der Waals surface area contributed by atoms with Gasteiger partial charge in [0.2, 0.25) is 0 Å². The number of rotatable bonds is 7. The smallest absolute Gasteiger partial charge is 0.289 e. The normalized spacial score (nSPS) is 19.5. The maximum Gasteiger partial charge on any atom is 0.289 e. The Morgan fingerprint density at radius 1 is 1.29 bits per heavy atom. The van der Waals surface area contributed by atoms with E-state index in [4.69, 9.17) is 14.5 Å². The van der Waals surface area contributed by atoms with Gasteiger partial charge >= 0.3 is 0 Å². The fourth-order valence-corrected chi connectivity index (χ4v) is 6.78. The second kappa shape index (κ2) is 9.04. The summed E-state index contributed by atoms with van der Waals surface area (Å²) in [5.74, 6) is 0. The van der Waals surface area contributed by atoms with Gasteiger partial charge in [0.25, 0.3) is 15.7 Å². The van der Waals surface area contributed by atoms with E-state index in [1.165, 1.54) is 39.9 Å². The van der Waals surface area contributed by atoms with E-state index in [2.05, 4.69) is 11.9 Å². The summed E-state index contributed by atoms with van der Waals surface area (Å²) in [4.78, 5) is 16.1. The molecule has 182 valence electrons. The Hall–Kier alpha value is -3.32. The third-order valence-corrected chi connectivity index (χ3v) is 8.70. The SMILES string of the molecule is C=CC1OCOC1Nc1nc(-c2ccc3c(c2)CCN3S(=O)(=O)c2ccccc2[N+](=O)[O-])c(C)s1. The van der Waals surface area contributed by atoms with Gasteiger partial charge in [-0.2, -0.15) is 0 Å². The Morgan fingerprint density at radius 2 is 2.09 bits per heavy atom. The lowest BCUT2D eigenvalue weighted by atomic mass is 10.1. The maximum atomic E-state index is 13.3. The van der Waals surface area contributed by atoms with Crippen molar-refractivity contribution in [2.45, 2.75) is 30.6 Å². The van der Waals surface area contributed by atoms with E-state index in [9.17, 15) is 18.5 Å². The second-order valence-corrected chi connectivity index (χ2v) is 11.1. The molecule has 0 saturated carbocycles. The third kappa shape index (κ3) is 4.18. The first kappa shape index (κ1) is 23.4. The number of nitrogens with zero attached hydrogens (tertiary/aromatic N) is 3. The van der Waals surface area contributed by atoms with Crippen LogP contribution in [0.1, 0.15) is 10.4 Å². The van der Waals surface area contributed by atoms with Crippen LogP contribution in [0.25, 0.3) is 11.3 Å². The van der Waals surface area contributed by atoms with E-state index in [-0.39, 0.29) is 30.6 Å². The monoisotopic (exact) mass is 514 g/mol. The van der Waals surface area contributed by atoms with Crippen molar-refractivity contribution >= 4 is 37.9 Å². The molecule has 12 heteroatoms. The van der Waals surface area contributed by atoms with E-state index >= 15 is 0 Å². The molecule has 0 aliphatic carbocycles. The molecule has 35 heavy (non-hydrogen) atoms. The number of nitro benzene ring substituents is 1. The zero-order chi connectivity index (χ0) is 24.7. The number of nitro groups is 1. The minimum Gasteiger partial charge on any atom is -0.343 e. The van der Waals surface area contributed by atoms with Gasteiger partial charge in [0.15, 0.2) is 23.0 Å². The van der Waals surface area contributed by atoms with Crippen LogP contribution < -0.4 is 9.62 Å². The highest BCUT2D eigenvalue weighted by atomic mass is 32.2. The maximum absolute atomic E-state index is 13.3. The predicted octanol–water partition coefficient (Wildman–Crippen LogP) is 4.08. The lowest BCUT2D eigenvalue weighted by molar-refractivity contribution is -0.387. The molecular formula is C23H22N4O6S2. The number of hydrogen-bond acceptors (Lipinski definition) is 9. The zero-order valence-corrected chi connectivity index (χ0v) is 20.3. The quantitative estimate of drug-likeness (QED) is 0.284. The molecule has 2 aliphatic rings. The number of sulfonamides is 1. The number of ether oxygens (including phenoxy) is 2. The van der Waals surface area contributed by atoms with Crippen molar-refractivity contribution in [2.75, 3.05) is 23.0 Å². The Labute approximate surface area is 206 Å². The first-order valence-corrected chi connectivity index (χ1v) is 13.0. The first-order chi connectivity index (χ1) is 16.8. The molecule has 5 rings (SSSR count). The highest BCUT2D eigenvalue weighted by Gasteiger charge is 2.35. The minimum absolute atomic E-state index is 0.182. The molecule has 1 N–H and O–H groups in total. The van der Waals surface area contributed by atoms with Crippen LogP contribution in [0, 0.1) is 17.0 Å². The molecule has 3 aromatic rings. The van der Waals surface area contributed by atoms with Crippen molar-refractivity contribution in [3.05, 3.63) is 75.7 Å². The fourth-order valence-electron chi connectivity index (χ4n) is 4.25. The fraction of sp³-hybridized carbons (Fsp3) is 0.261. The van der Waals surface area contributed by atoms with Gasteiger partial charge in [0, 0.05) is 23.1 Å². The number of thiazole rings is 1. The van der Waals surface area contributed by atoms with Crippen LogP contribution in [0.2, 0.25) is 0 Å². The van der Waals surface area contributed by atoms with Crippen molar-refractivity contribution in [1.29, 1.82) is 0 Å². The van der Waals surface area contributed by atoms with Crippen molar-refractivity contribution in [3.63, 3.8) is 0 Å².